The van der Waals surface area contributed by atoms with Gasteiger partial charge in [0.2, 0.25) is 0 Å². The fourth-order valence-corrected chi connectivity index (χ4v) is 2.42. The molecular formula is C13H13BrF3NO2. The molecule has 1 aromatic rings. The highest BCUT2D eigenvalue weighted by molar-refractivity contribution is 9.10. The van der Waals surface area contributed by atoms with Crippen LogP contribution in [0.4, 0.5) is 13.2 Å². The second kappa shape index (κ2) is 6.13. The number of hydrogen-bond donors (Lipinski definition) is 0. The van der Waals surface area contributed by atoms with E-state index in [-0.39, 0.29) is 5.56 Å². The first-order valence-corrected chi connectivity index (χ1v) is 6.92. The van der Waals surface area contributed by atoms with Crippen LogP contribution in [-0.4, -0.2) is 37.1 Å². The van der Waals surface area contributed by atoms with Crippen molar-refractivity contribution in [1.29, 1.82) is 0 Å². The maximum atomic E-state index is 13.0. The molecular weight excluding hydrogens is 339 g/mol. The lowest BCUT2D eigenvalue weighted by atomic mass is 10.1. The highest BCUT2D eigenvalue weighted by Gasteiger charge is 2.36. The third-order valence-electron chi connectivity index (χ3n) is 3.03. The summed E-state index contributed by atoms with van der Waals surface area (Å²) < 4.78 is 44.6. The van der Waals surface area contributed by atoms with Crippen molar-refractivity contribution in [2.75, 3.05) is 26.3 Å². The van der Waals surface area contributed by atoms with Gasteiger partial charge >= 0.3 is 6.18 Å². The van der Waals surface area contributed by atoms with Crippen LogP contribution in [0.2, 0.25) is 0 Å². The standard InChI is InChI=1S/C13H13BrF3NO2/c14-9-2-3-10(11(8-9)13(15,16)17)12(19)18-4-1-6-20-7-5-18/h2-3,8H,1,4-7H2. The number of rotatable bonds is 1. The average molecular weight is 352 g/mol. The minimum Gasteiger partial charge on any atom is -0.380 e. The molecule has 110 valence electrons. The molecule has 0 radical (unpaired) electrons. The van der Waals surface area contributed by atoms with Gasteiger partial charge in [-0.05, 0) is 24.6 Å². The van der Waals surface area contributed by atoms with Crippen LogP contribution in [-0.2, 0) is 10.9 Å². The lowest BCUT2D eigenvalue weighted by Gasteiger charge is -2.22. The van der Waals surface area contributed by atoms with Crippen LogP contribution in [0, 0.1) is 0 Å². The summed E-state index contributed by atoms with van der Waals surface area (Å²) in [6, 6.07) is 3.58. The molecule has 1 amide bonds. The van der Waals surface area contributed by atoms with Gasteiger partial charge < -0.3 is 9.64 Å². The molecule has 1 aromatic carbocycles. The Kier molecular flexibility index (Phi) is 4.70. The van der Waals surface area contributed by atoms with Crippen LogP contribution in [0.5, 0.6) is 0 Å². The zero-order valence-electron chi connectivity index (χ0n) is 10.5. The average Bonchev–Trinajstić information content (AvgIpc) is 2.65. The van der Waals surface area contributed by atoms with Crippen molar-refractivity contribution < 1.29 is 22.7 Å². The molecule has 0 spiro atoms. The van der Waals surface area contributed by atoms with Gasteiger partial charge in [0.1, 0.15) is 0 Å². The van der Waals surface area contributed by atoms with E-state index < -0.39 is 17.6 Å². The number of nitrogens with zero attached hydrogens (tertiary/aromatic N) is 1. The summed E-state index contributed by atoms with van der Waals surface area (Å²) in [5.74, 6) is -0.602. The lowest BCUT2D eigenvalue weighted by molar-refractivity contribution is -0.138. The summed E-state index contributed by atoms with van der Waals surface area (Å²) >= 11 is 3.00. The highest BCUT2D eigenvalue weighted by Crippen LogP contribution is 2.34. The molecule has 0 atom stereocenters. The van der Waals surface area contributed by atoms with Crippen molar-refractivity contribution >= 4 is 21.8 Å². The third kappa shape index (κ3) is 3.52. The molecule has 0 N–H and O–H groups in total. The topological polar surface area (TPSA) is 29.5 Å². The van der Waals surface area contributed by atoms with E-state index in [2.05, 4.69) is 15.9 Å². The Morgan fingerprint density at radius 2 is 2.00 bits per heavy atom. The zero-order valence-corrected chi connectivity index (χ0v) is 12.1. The Bertz CT molecular complexity index is 497. The van der Waals surface area contributed by atoms with Crippen molar-refractivity contribution in [3.63, 3.8) is 0 Å². The predicted octanol–water partition coefficient (Wildman–Crippen LogP) is 3.33. The van der Waals surface area contributed by atoms with E-state index in [4.69, 9.17) is 4.74 Å². The van der Waals surface area contributed by atoms with Gasteiger partial charge in [-0.2, -0.15) is 13.2 Å². The van der Waals surface area contributed by atoms with E-state index in [0.717, 1.165) is 6.07 Å². The summed E-state index contributed by atoms with van der Waals surface area (Å²) in [4.78, 5) is 13.7. The van der Waals surface area contributed by atoms with Crippen molar-refractivity contribution in [2.24, 2.45) is 0 Å². The second-order valence-corrected chi connectivity index (χ2v) is 5.36. The van der Waals surface area contributed by atoms with Gasteiger partial charge in [0.05, 0.1) is 17.7 Å². The van der Waals surface area contributed by atoms with Crippen molar-refractivity contribution in [3.8, 4) is 0 Å². The summed E-state index contributed by atoms with van der Waals surface area (Å²) in [5.41, 5.74) is -1.23. The van der Waals surface area contributed by atoms with E-state index in [1.54, 1.807) is 0 Å². The Morgan fingerprint density at radius 3 is 2.70 bits per heavy atom. The van der Waals surface area contributed by atoms with Crippen LogP contribution in [0.15, 0.2) is 22.7 Å². The Hall–Kier alpha value is -1.08. The molecule has 1 saturated heterocycles. The molecule has 1 heterocycles. The molecule has 0 aromatic heterocycles. The molecule has 3 nitrogen and oxygen atoms in total. The third-order valence-corrected chi connectivity index (χ3v) is 3.52. The maximum Gasteiger partial charge on any atom is 0.417 e. The van der Waals surface area contributed by atoms with Gasteiger partial charge in [0.25, 0.3) is 5.91 Å². The van der Waals surface area contributed by atoms with Crippen LogP contribution in [0.1, 0.15) is 22.3 Å². The number of halogens is 4. The molecule has 20 heavy (non-hydrogen) atoms. The number of hydrogen-bond acceptors (Lipinski definition) is 2. The van der Waals surface area contributed by atoms with Gasteiger partial charge in [-0.1, -0.05) is 15.9 Å². The summed E-state index contributed by atoms with van der Waals surface area (Å²) in [7, 11) is 0. The molecule has 1 aliphatic rings. The minimum absolute atomic E-state index is 0.292. The summed E-state index contributed by atoms with van der Waals surface area (Å²) in [6.45, 7) is 1.60. The van der Waals surface area contributed by atoms with Crippen LogP contribution in [0.3, 0.4) is 0 Å². The van der Waals surface area contributed by atoms with E-state index in [9.17, 15) is 18.0 Å². The normalized spacial score (nSPS) is 16.9. The van der Waals surface area contributed by atoms with E-state index in [1.807, 2.05) is 0 Å². The quantitative estimate of drug-likeness (QED) is 0.776. The van der Waals surface area contributed by atoms with Gasteiger partial charge in [-0.15, -0.1) is 0 Å². The predicted molar refractivity (Wildman–Crippen MR) is 70.5 cm³/mol. The second-order valence-electron chi connectivity index (χ2n) is 4.45. The number of alkyl halides is 3. The van der Waals surface area contributed by atoms with E-state index in [1.165, 1.54) is 17.0 Å². The van der Waals surface area contributed by atoms with Crippen LogP contribution in [0.25, 0.3) is 0 Å². The number of ether oxygens (including phenoxy) is 1. The molecule has 0 unspecified atom stereocenters. The van der Waals surface area contributed by atoms with Crippen LogP contribution >= 0.6 is 15.9 Å². The molecule has 1 aliphatic heterocycles. The van der Waals surface area contributed by atoms with E-state index >= 15 is 0 Å². The first kappa shape index (κ1) is 15.3. The van der Waals surface area contributed by atoms with Crippen molar-refractivity contribution in [2.45, 2.75) is 12.6 Å². The number of amides is 1. The minimum atomic E-state index is -4.56. The lowest BCUT2D eigenvalue weighted by Crippen LogP contribution is -2.34. The highest BCUT2D eigenvalue weighted by atomic mass is 79.9. The van der Waals surface area contributed by atoms with Gasteiger partial charge in [-0.25, -0.2) is 0 Å². The summed E-state index contributed by atoms with van der Waals surface area (Å²) in [5, 5.41) is 0. The molecule has 7 heteroatoms. The van der Waals surface area contributed by atoms with Gasteiger partial charge in [0.15, 0.2) is 0 Å². The molecule has 1 fully saturated rings. The monoisotopic (exact) mass is 351 g/mol. The van der Waals surface area contributed by atoms with Crippen molar-refractivity contribution in [1.82, 2.24) is 4.90 Å². The Balaban J connectivity index is 2.33. The molecule has 0 bridgehead atoms. The van der Waals surface area contributed by atoms with E-state index in [0.29, 0.717) is 37.2 Å². The fraction of sp³-hybridized carbons (Fsp3) is 0.462. The van der Waals surface area contributed by atoms with Gasteiger partial charge in [0, 0.05) is 24.2 Å². The van der Waals surface area contributed by atoms with Gasteiger partial charge in [-0.3, -0.25) is 4.79 Å². The molecule has 0 saturated carbocycles. The maximum absolute atomic E-state index is 13.0. The molecule has 0 aliphatic carbocycles. The first-order chi connectivity index (χ1) is 9.39. The summed E-state index contributed by atoms with van der Waals surface area (Å²) in [6.07, 6.45) is -3.93. The largest absolute Gasteiger partial charge is 0.417 e. The van der Waals surface area contributed by atoms with Crippen LogP contribution < -0.4 is 0 Å². The number of carbonyl (C=O) groups excluding carboxylic acids is 1. The first-order valence-electron chi connectivity index (χ1n) is 6.13. The smallest absolute Gasteiger partial charge is 0.380 e. The Morgan fingerprint density at radius 1 is 1.25 bits per heavy atom. The SMILES string of the molecule is O=C(c1ccc(Br)cc1C(F)(F)F)N1CCCOCC1. The molecule has 2 rings (SSSR count). The number of benzene rings is 1. The van der Waals surface area contributed by atoms with Crippen molar-refractivity contribution in [3.05, 3.63) is 33.8 Å². The zero-order chi connectivity index (χ0) is 14.8. The Labute approximate surface area is 122 Å². The fourth-order valence-electron chi connectivity index (χ4n) is 2.06. The number of carbonyl (C=O) groups is 1.